The Hall–Kier alpha value is -2.38. The van der Waals surface area contributed by atoms with Crippen LogP contribution < -0.4 is 9.62 Å². The summed E-state index contributed by atoms with van der Waals surface area (Å²) in [4.78, 5) is 12.6. The summed E-state index contributed by atoms with van der Waals surface area (Å²) >= 11 is 0. The molecule has 2 aromatic rings. The molecule has 3 rings (SSSR count). The number of rotatable bonds is 9. The predicted octanol–water partition coefficient (Wildman–Crippen LogP) is 3.98. The van der Waals surface area contributed by atoms with Crippen molar-refractivity contribution in [1.82, 2.24) is 5.32 Å². The average Bonchev–Trinajstić information content (AvgIpc) is 2.79. The molecule has 0 unspecified atom stereocenters. The summed E-state index contributed by atoms with van der Waals surface area (Å²) in [6.45, 7) is 1.21. The van der Waals surface area contributed by atoms with Crippen LogP contribution in [0.25, 0.3) is 0 Å². The van der Waals surface area contributed by atoms with Crippen LogP contribution in [0.5, 0.6) is 0 Å². The molecule has 7 heteroatoms. The van der Waals surface area contributed by atoms with Gasteiger partial charge in [-0.25, -0.2) is 8.42 Å². The molecular weight excluding hydrogens is 400 g/mol. The second-order valence-corrected chi connectivity index (χ2v) is 9.54. The monoisotopic (exact) mass is 430 g/mol. The molecule has 0 radical (unpaired) electrons. The molecule has 1 aliphatic rings. The number of hydrogen-bond acceptors (Lipinski definition) is 4. The van der Waals surface area contributed by atoms with Crippen LogP contribution in [0.15, 0.2) is 59.5 Å². The van der Waals surface area contributed by atoms with E-state index in [9.17, 15) is 13.2 Å². The van der Waals surface area contributed by atoms with Gasteiger partial charge in [0.05, 0.1) is 16.7 Å². The molecule has 1 N–H and O–H groups in total. The minimum absolute atomic E-state index is 0.173. The van der Waals surface area contributed by atoms with Gasteiger partial charge in [0.25, 0.3) is 15.9 Å². The fourth-order valence-electron chi connectivity index (χ4n) is 3.57. The lowest BCUT2D eigenvalue weighted by Crippen LogP contribution is -2.27. The quantitative estimate of drug-likeness (QED) is 0.611. The van der Waals surface area contributed by atoms with Gasteiger partial charge in [0.1, 0.15) is 0 Å². The molecule has 2 aromatic carbocycles. The van der Waals surface area contributed by atoms with Crippen LogP contribution in [-0.2, 0) is 14.8 Å². The summed E-state index contributed by atoms with van der Waals surface area (Å²) in [7, 11) is -2.13. The maximum Gasteiger partial charge on any atom is 0.264 e. The van der Waals surface area contributed by atoms with E-state index >= 15 is 0 Å². The third-order valence-electron chi connectivity index (χ3n) is 5.41. The zero-order valence-corrected chi connectivity index (χ0v) is 18.2. The second-order valence-electron chi connectivity index (χ2n) is 7.57. The van der Waals surface area contributed by atoms with Gasteiger partial charge in [0.2, 0.25) is 0 Å². The predicted molar refractivity (Wildman–Crippen MR) is 118 cm³/mol. The Morgan fingerprint density at radius 3 is 2.37 bits per heavy atom. The highest BCUT2D eigenvalue weighted by molar-refractivity contribution is 7.92. The highest BCUT2D eigenvalue weighted by atomic mass is 32.2. The number of carbonyl (C=O) groups is 1. The van der Waals surface area contributed by atoms with Crippen molar-refractivity contribution in [2.45, 2.75) is 49.5 Å². The van der Waals surface area contributed by atoms with Crippen LogP contribution >= 0.6 is 0 Å². The number of benzene rings is 2. The molecule has 30 heavy (non-hydrogen) atoms. The Morgan fingerprint density at radius 1 is 1.03 bits per heavy atom. The van der Waals surface area contributed by atoms with E-state index in [-0.39, 0.29) is 10.8 Å². The molecule has 1 amide bonds. The third kappa shape index (κ3) is 5.83. The van der Waals surface area contributed by atoms with Gasteiger partial charge >= 0.3 is 0 Å². The summed E-state index contributed by atoms with van der Waals surface area (Å²) < 4.78 is 32.5. The van der Waals surface area contributed by atoms with Gasteiger partial charge in [0.15, 0.2) is 0 Å². The number of nitrogens with zero attached hydrogens (tertiary/aromatic N) is 1. The van der Waals surface area contributed by atoms with E-state index in [4.69, 9.17) is 4.74 Å². The van der Waals surface area contributed by atoms with E-state index in [2.05, 4.69) is 5.32 Å². The Labute approximate surface area is 179 Å². The van der Waals surface area contributed by atoms with E-state index in [0.29, 0.717) is 30.5 Å². The van der Waals surface area contributed by atoms with Crippen molar-refractivity contribution < 1.29 is 17.9 Å². The van der Waals surface area contributed by atoms with Gasteiger partial charge in [-0.1, -0.05) is 37.5 Å². The first-order chi connectivity index (χ1) is 14.5. The number of carbonyl (C=O) groups excluding carboxylic acids is 1. The fraction of sp³-hybridized carbons (Fsp3) is 0.435. The zero-order chi connectivity index (χ0) is 21.4. The normalized spacial score (nSPS) is 15.0. The van der Waals surface area contributed by atoms with E-state index in [0.717, 1.165) is 19.3 Å². The van der Waals surface area contributed by atoms with Crippen molar-refractivity contribution in [2.75, 3.05) is 24.5 Å². The van der Waals surface area contributed by atoms with Crippen molar-refractivity contribution in [3.8, 4) is 0 Å². The van der Waals surface area contributed by atoms with Gasteiger partial charge in [-0.3, -0.25) is 9.10 Å². The minimum atomic E-state index is -3.64. The summed E-state index contributed by atoms with van der Waals surface area (Å²) in [5.74, 6) is -0.173. The Morgan fingerprint density at radius 2 is 1.70 bits per heavy atom. The largest absolute Gasteiger partial charge is 0.378 e. The molecule has 1 aliphatic carbocycles. The number of nitrogens with one attached hydrogen (secondary N) is 1. The number of hydrogen-bond donors (Lipinski definition) is 1. The minimum Gasteiger partial charge on any atom is -0.378 e. The van der Waals surface area contributed by atoms with Crippen molar-refractivity contribution in [3.63, 3.8) is 0 Å². The summed E-state index contributed by atoms with van der Waals surface area (Å²) in [6.07, 6.45) is 7.26. The van der Waals surface area contributed by atoms with Crippen LogP contribution in [-0.4, -0.2) is 40.6 Å². The Kier molecular flexibility index (Phi) is 7.87. The van der Waals surface area contributed by atoms with Gasteiger partial charge in [-0.15, -0.1) is 0 Å². The van der Waals surface area contributed by atoms with Gasteiger partial charge in [-0.2, -0.15) is 0 Å². The molecule has 6 nitrogen and oxygen atoms in total. The lowest BCUT2D eigenvalue weighted by Gasteiger charge is -2.22. The number of sulfonamides is 1. The highest BCUT2D eigenvalue weighted by Gasteiger charge is 2.21. The molecule has 0 atom stereocenters. The summed E-state index contributed by atoms with van der Waals surface area (Å²) in [5, 5.41) is 2.89. The number of amides is 1. The standard InChI is InChI=1S/C23H30N2O4S/c1-25(30(27,28)22-11-6-3-7-12-22)20-15-13-19(14-16-20)23(26)24-17-8-18-29-21-9-4-2-5-10-21/h3,6-7,11-16,21H,2,4-5,8-10,17-18H2,1H3,(H,24,26). The maximum absolute atomic E-state index is 12.7. The van der Waals surface area contributed by atoms with Crippen molar-refractivity contribution in [2.24, 2.45) is 0 Å². The maximum atomic E-state index is 12.7. The lowest BCUT2D eigenvalue weighted by molar-refractivity contribution is 0.0273. The topological polar surface area (TPSA) is 75.7 Å². The van der Waals surface area contributed by atoms with Crippen LogP contribution in [0.1, 0.15) is 48.9 Å². The molecule has 0 spiro atoms. The average molecular weight is 431 g/mol. The molecule has 1 saturated carbocycles. The van der Waals surface area contributed by atoms with Crippen molar-refractivity contribution >= 4 is 21.6 Å². The number of anilines is 1. The van der Waals surface area contributed by atoms with Gasteiger partial charge < -0.3 is 10.1 Å². The molecule has 0 aromatic heterocycles. The first-order valence-corrected chi connectivity index (χ1v) is 12.0. The van der Waals surface area contributed by atoms with Crippen LogP contribution in [0.2, 0.25) is 0 Å². The summed E-state index contributed by atoms with van der Waals surface area (Å²) in [6, 6.07) is 14.8. The molecule has 1 fully saturated rings. The highest BCUT2D eigenvalue weighted by Crippen LogP contribution is 2.22. The molecular formula is C23H30N2O4S. The SMILES string of the molecule is CN(c1ccc(C(=O)NCCCOC2CCCCC2)cc1)S(=O)(=O)c1ccccc1. The molecule has 0 heterocycles. The zero-order valence-electron chi connectivity index (χ0n) is 17.4. The molecule has 0 saturated heterocycles. The van der Waals surface area contributed by atoms with E-state index < -0.39 is 10.0 Å². The molecule has 0 bridgehead atoms. The number of ether oxygens (including phenoxy) is 1. The van der Waals surface area contributed by atoms with E-state index in [1.165, 1.54) is 30.6 Å². The third-order valence-corrected chi connectivity index (χ3v) is 7.21. The van der Waals surface area contributed by atoms with Crippen LogP contribution in [0.4, 0.5) is 5.69 Å². The first kappa shape index (κ1) is 22.3. The van der Waals surface area contributed by atoms with Crippen LogP contribution in [0.3, 0.4) is 0 Å². The Balaban J connectivity index is 1.48. The van der Waals surface area contributed by atoms with Gasteiger partial charge in [0, 0.05) is 25.8 Å². The Bertz CT molecular complexity index is 908. The van der Waals surface area contributed by atoms with Crippen LogP contribution in [0, 0.1) is 0 Å². The molecule has 162 valence electrons. The second kappa shape index (κ2) is 10.6. The first-order valence-electron chi connectivity index (χ1n) is 10.5. The van der Waals surface area contributed by atoms with Crippen molar-refractivity contribution in [3.05, 3.63) is 60.2 Å². The summed E-state index contributed by atoms with van der Waals surface area (Å²) in [5.41, 5.74) is 0.994. The van der Waals surface area contributed by atoms with E-state index in [1.54, 1.807) is 54.6 Å². The lowest BCUT2D eigenvalue weighted by atomic mass is 9.98. The fourth-order valence-corrected chi connectivity index (χ4v) is 4.79. The van der Waals surface area contributed by atoms with Gasteiger partial charge in [-0.05, 0) is 55.7 Å². The molecule has 0 aliphatic heterocycles. The van der Waals surface area contributed by atoms with Crippen molar-refractivity contribution in [1.29, 1.82) is 0 Å². The smallest absolute Gasteiger partial charge is 0.264 e. The van der Waals surface area contributed by atoms with E-state index in [1.807, 2.05) is 0 Å².